The van der Waals surface area contributed by atoms with Crippen LogP contribution >= 0.6 is 11.6 Å². The van der Waals surface area contributed by atoms with Gasteiger partial charge in [-0.1, -0.05) is 24.1 Å². The van der Waals surface area contributed by atoms with Gasteiger partial charge in [-0.05, 0) is 30.9 Å². The molecule has 1 amide bonds. The molecule has 4 heteroatoms. The van der Waals surface area contributed by atoms with E-state index in [4.69, 9.17) is 11.6 Å². The van der Waals surface area contributed by atoms with Gasteiger partial charge in [-0.3, -0.25) is 4.79 Å². The summed E-state index contributed by atoms with van der Waals surface area (Å²) in [6.45, 7) is 0.757. The molecular weight excluding hydrogens is 212 g/mol. The van der Waals surface area contributed by atoms with Gasteiger partial charge in [0.15, 0.2) is 0 Å². The fourth-order valence-corrected chi connectivity index (χ4v) is 1.72. The summed E-state index contributed by atoms with van der Waals surface area (Å²) in [5, 5.41) is 3.22. The van der Waals surface area contributed by atoms with Crippen molar-refractivity contribution < 1.29 is 4.79 Å². The van der Waals surface area contributed by atoms with Crippen molar-refractivity contribution in [2.75, 3.05) is 6.54 Å². The zero-order chi connectivity index (χ0) is 10.7. The van der Waals surface area contributed by atoms with Crippen molar-refractivity contribution in [1.29, 1.82) is 0 Å². The maximum absolute atomic E-state index is 11.6. The SMILES string of the molecule is O=C(NCC1CCC1)c1cccc(Cl)n1. The Morgan fingerprint density at radius 3 is 2.93 bits per heavy atom. The van der Waals surface area contributed by atoms with E-state index in [2.05, 4.69) is 10.3 Å². The fraction of sp³-hybridized carbons (Fsp3) is 0.455. The van der Waals surface area contributed by atoms with Crippen LogP contribution in [0.25, 0.3) is 0 Å². The van der Waals surface area contributed by atoms with Gasteiger partial charge in [0.1, 0.15) is 10.8 Å². The van der Waals surface area contributed by atoms with Gasteiger partial charge in [0.25, 0.3) is 5.91 Å². The van der Waals surface area contributed by atoms with E-state index in [-0.39, 0.29) is 5.91 Å². The standard InChI is InChI=1S/C11H13ClN2O/c12-10-6-2-5-9(14-10)11(15)13-7-8-3-1-4-8/h2,5-6,8H,1,3-4,7H2,(H,13,15). The minimum Gasteiger partial charge on any atom is -0.350 e. The summed E-state index contributed by atoms with van der Waals surface area (Å²) in [6, 6.07) is 5.06. The molecule has 3 nitrogen and oxygen atoms in total. The molecule has 1 saturated carbocycles. The van der Waals surface area contributed by atoms with Crippen molar-refractivity contribution in [1.82, 2.24) is 10.3 Å². The van der Waals surface area contributed by atoms with Crippen molar-refractivity contribution in [2.24, 2.45) is 5.92 Å². The second-order valence-electron chi connectivity index (χ2n) is 3.85. The minimum absolute atomic E-state index is 0.135. The van der Waals surface area contributed by atoms with Crippen LogP contribution in [0.2, 0.25) is 5.15 Å². The van der Waals surface area contributed by atoms with E-state index >= 15 is 0 Å². The van der Waals surface area contributed by atoms with Crippen LogP contribution in [0.3, 0.4) is 0 Å². The molecule has 2 rings (SSSR count). The first-order chi connectivity index (χ1) is 7.25. The van der Waals surface area contributed by atoms with Crippen molar-refractivity contribution in [3.63, 3.8) is 0 Å². The van der Waals surface area contributed by atoms with Crippen LogP contribution in [0.5, 0.6) is 0 Å². The maximum Gasteiger partial charge on any atom is 0.269 e. The molecule has 0 aliphatic heterocycles. The molecule has 0 spiro atoms. The molecule has 0 aromatic carbocycles. The Hall–Kier alpha value is -1.09. The lowest BCUT2D eigenvalue weighted by Crippen LogP contribution is -2.32. The van der Waals surface area contributed by atoms with Crippen LogP contribution < -0.4 is 5.32 Å². The summed E-state index contributed by atoms with van der Waals surface area (Å²) >= 11 is 5.70. The first-order valence-corrected chi connectivity index (χ1v) is 5.54. The summed E-state index contributed by atoms with van der Waals surface area (Å²) in [4.78, 5) is 15.6. The zero-order valence-electron chi connectivity index (χ0n) is 8.37. The first kappa shape index (κ1) is 10.4. The van der Waals surface area contributed by atoms with E-state index in [1.54, 1.807) is 18.2 Å². The monoisotopic (exact) mass is 224 g/mol. The molecule has 1 aliphatic carbocycles. The Morgan fingerprint density at radius 1 is 1.53 bits per heavy atom. The Kier molecular flexibility index (Phi) is 3.21. The minimum atomic E-state index is -0.135. The number of halogens is 1. The van der Waals surface area contributed by atoms with Crippen molar-refractivity contribution >= 4 is 17.5 Å². The van der Waals surface area contributed by atoms with Crippen LogP contribution in [-0.2, 0) is 0 Å². The largest absolute Gasteiger partial charge is 0.350 e. The van der Waals surface area contributed by atoms with E-state index in [1.165, 1.54) is 19.3 Å². The summed E-state index contributed by atoms with van der Waals surface area (Å²) in [7, 11) is 0. The smallest absolute Gasteiger partial charge is 0.269 e. The highest BCUT2D eigenvalue weighted by atomic mass is 35.5. The Labute approximate surface area is 93.8 Å². The van der Waals surface area contributed by atoms with Crippen molar-refractivity contribution in [3.05, 3.63) is 29.0 Å². The molecule has 1 N–H and O–H groups in total. The van der Waals surface area contributed by atoms with E-state index in [0.717, 1.165) is 6.54 Å². The van der Waals surface area contributed by atoms with E-state index < -0.39 is 0 Å². The lowest BCUT2D eigenvalue weighted by molar-refractivity contribution is 0.0934. The molecule has 1 aromatic rings. The molecule has 0 bridgehead atoms. The maximum atomic E-state index is 11.6. The lowest BCUT2D eigenvalue weighted by atomic mass is 9.85. The summed E-state index contributed by atoms with van der Waals surface area (Å²) in [5.74, 6) is 0.525. The van der Waals surface area contributed by atoms with Gasteiger partial charge in [0, 0.05) is 6.54 Å². The van der Waals surface area contributed by atoms with Gasteiger partial charge in [-0.2, -0.15) is 0 Å². The third-order valence-corrected chi connectivity index (χ3v) is 2.93. The summed E-state index contributed by atoms with van der Waals surface area (Å²) < 4.78 is 0. The van der Waals surface area contributed by atoms with Crippen LogP contribution in [-0.4, -0.2) is 17.4 Å². The van der Waals surface area contributed by atoms with E-state index in [0.29, 0.717) is 16.8 Å². The molecule has 1 aromatic heterocycles. The number of aromatic nitrogens is 1. The number of nitrogens with one attached hydrogen (secondary N) is 1. The molecule has 0 unspecified atom stereocenters. The van der Waals surface area contributed by atoms with Crippen LogP contribution in [0.1, 0.15) is 29.8 Å². The van der Waals surface area contributed by atoms with Gasteiger partial charge in [0.05, 0.1) is 0 Å². The Bertz CT molecular complexity index is 363. The number of nitrogens with zero attached hydrogens (tertiary/aromatic N) is 1. The third kappa shape index (κ3) is 2.69. The quantitative estimate of drug-likeness (QED) is 0.801. The van der Waals surface area contributed by atoms with Gasteiger partial charge >= 0.3 is 0 Å². The second kappa shape index (κ2) is 4.62. The molecule has 1 fully saturated rings. The predicted molar refractivity (Wildman–Crippen MR) is 58.9 cm³/mol. The average molecular weight is 225 g/mol. The molecule has 1 aliphatic rings. The van der Waals surface area contributed by atoms with Gasteiger partial charge in [-0.15, -0.1) is 0 Å². The van der Waals surface area contributed by atoms with Crippen LogP contribution in [0, 0.1) is 5.92 Å². The van der Waals surface area contributed by atoms with Crippen LogP contribution in [0.4, 0.5) is 0 Å². The molecule has 15 heavy (non-hydrogen) atoms. The molecule has 1 heterocycles. The zero-order valence-corrected chi connectivity index (χ0v) is 9.13. The number of hydrogen-bond donors (Lipinski definition) is 1. The lowest BCUT2D eigenvalue weighted by Gasteiger charge is -2.25. The molecular formula is C11H13ClN2O. The third-order valence-electron chi connectivity index (χ3n) is 2.72. The second-order valence-corrected chi connectivity index (χ2v) is 4.24. The molecule has 0 radical (unpaired) electrons. The number of rotatable bonds is 3. The van der Waals surface area contributed by atoms with E-state index in [1.807, 2.05) is 0 Å². The topological polar surface area (TPSA) is 42.0 Å². The number of carbonyl (C=O) groups excluding carboxylic acids is 1. The first-order valence-electron chi connectivity index (χ1n) is 5.16. The highest BCUT2D eigenvalue weighted by Gasteiger charge is 2.18. The Morgan fingerprint density at radius 2 is 2.33 bits per heavy atom. The van der Waals surface area contributed by atoms with Gasteiger partial charge in [-0.25, -0.2) is 4.98 Å². The predicted octanol–water partition coefficient (Wildman–Crippen LogP) is 2.26. The fourth-order valence-electron chi connectivity index (χ4n) is 1.56. The highest BCUT2D eigenvalue weighted by molar-refractivity contribution is 6.29. The van der Waals surface area contributed by atoms with Crippen LogP contribution in [0.15, 0.2) is 18.2 Å². The van der Waals surface area contributed by atoms with Crippen molar-refractivity contribution in [3.8, 4) is 0 Å². The highest BCUT2D eigenvalue weighted by Crippen LogP contribution is 2.25. The summed E-state index contributed by atoms with van der Waals surface area (Å²) in [6.07, 6.45) is 3.74. The number of carbonyl (C=O) groups is 1. The van der Waals surface area contributed by atoms with E-state index in [9.17, 15) is 4.79 Å². The van der Waals surface area contributed by atoms with Crippen molar-refractivity contribution in [2.45, 2.75) is 19.3 Å². The Balaban J connectivity index is 1.89. The molecule has 0 atom stereocenters. The average Bonchev–Trinajstić information content (AvgIpc) is 2.15. The van der Waals surface area contributed by atoms with Gasteiger partial charge in [0.2, 0.25) is 0 Å². The molecule has 80 valence electrons. The normalized spacial score (nSPS) is 15.8. The summed E-state index contributed by atoms with van der Waals surface area (Å²) in [5.41, 5.74) is 0.391. The number of pyridine rings is 1. The molecule has 0 saturated heterocycles. The number of hydrogen-bond acceptors (Lipinski definition) is 2. The van der Waals surface area contributed by atoms with Gasteiger partial charge < -0.3 is 5.32 Å². The number of amides is 1.